The minimum absolute atomic E-state index is 0.770. The summed E-state index contributed by atoms with van der Waals surface area (Å²) < 4.78 is 0. The first-order valence-electron chi connectivity index (χ1n) is 6.93. The predicted octanol–water partition coefficient (Wildman–Crippen LogP) is 3.36. The highest BCUT2D eigenvalue weighted by Crippen LogP contribution is 2.34. The molecule has 1 aliphatic carbocycles. The van der Waals surface area contributed by atoms with E-state index in [4.69, 9.17) is 0 Å². The minimum Gasteiger partial charge on any atom is -0.315 e. The fraction of sp³-hybridized carbons (Fsp3) is 0.500. The molecule has 0 radical (unpaired) electrons. The summed E-state index contributed by atoms with van der Waals surface area (Å²) in [6.45, 7) is 0.855. The second-order valence-electron chi connectivity index (χ2n) is 5.42. The second kappa shape index (κ2) is 4.94. The highest BCUT2D eigenvalue weighted by Gasteiger charge is 2.17. The normalized spacial score (nSPS) is 19.8. The number of hydrogen-bond acceptors (Lipinski definition) is 2. The molecule has 0 amide bonds. The number of hydrogen-bond donors (Lipinski definition) is 0. The van der Waals surface area contributed by atoms with Crippen molar-refractivity contribution in [3.8, 4) is 12.1 Å². The molecule has 0 unspecified atom stereocenters. The van der Waals surface area contributed by atoms with Crippen LogP contribution >= 0.6 is 0 Å². The third-order valence-corrected chi connectivity index (χ3v) is 3.99. The fourth-order valence-corrected chi connectivity index (χ4v) is 2.96. The van der Waals surface area contributed by atoms with E-state index in [-0.39, 0.29) is 0 Å². The van der Waals surface area contributed by atoms with Crippen LogP contribution in [0.4, 0.5) is 5.69 Å². The first-order valence-corrected chi connectivity index (χ1v) is 6.93. The van der Waals surface area contributed by atoms with Gasteiger partial charge in [-0.05, 0) is 36.5 Å². The van der Waals surface area contributed by atoms with E-state index in [1.165, 1.54) is 43.4 Å². The predicted molar refractivity (Wildman–Crippen MR) is 75.2 cm³/mol. The van der Waals surface area contributed by atoms with Crippen LogP contribution in [0, 0.1) is 12.1 Å². The lowest BCUT2D eigenvalue weighted by Gasteiger charge is -2.23. The summed E-state index contributed by atoms with van der Waals surface area (Å²) in [6, 6.07) is 15.2. The van der Waals surface area contributed by atoms with Gasteiger partial charge in [0.2, 0.25) is 0 Å². The quantitative estimate of drug-likeness (QED) is 0.731. The van der Waals surface area contributed by atoms with Gasteiger partial charge in [0.25, 0.3) is 0 Å². The monoisotopic (exact) mass is 240 g/mol. The van der Waals surface area contributed by atoms with E-state index in [2.05, 4.69) is 41.3 Å². The topological polar surface area (TPSA) is 6.48 Å². The molecule has 18 heavy (non-hydrogen) atoms. The van der Waals surface area contributed by atoms with Crippen LogP contribution in [0.1, 0.15) is 43.6 Å². The minimum atomic E-state index is 0.770. The summed E-state index contributed by atoms with van der Waals surface area (Å²) in [5.74, 6) is 0.770. The van der Waals surface area contributed by atoms with Crippen molar-refractivity contribution in [2.75, 3.05) is 18.6 Å². The maximum Gasteiger partial charge on any atom is 0.110 e. The molecule has 1 saturated carbocycles. The maximum absolute atomic E-state index is 3.16. The van der Waals surface area contributed by atoms with Gasteiger partial charge in [0, 0.05) is 19.1 Å². The molecule has 1 fully saturated rings. The van der Waals surface area contributed by atoms with Gasteiger partial charge in [0.05, 0.1) is 5.69 Å². The van der Waals surface area contributed by atoms with Crippen LogP contribution in [-0.4, -0.2) is 18.6 Å². The van der Waals surface area contributed by atoms with Gasteiger partial charge >= 0.3 is 0 Å². The van der Waals surface area contributed by atoms with Crippen molar-refractivity contribution in [3.63, 3.8) is 0 Å². The molecule has 0 bridgehead atoms. The molecule has 1 aliphatic heterocycles. The molecule has 3 rings (SSSR count). The number of rotatable bonds is 2. The fourth-order valence-electron chi connectivity index (χ4n) is 2.96. The van der Waals surface area contributed by atoms with Crippen molar-refractivity contribution in [1.82, 2.24) is 4.90 Å². The van der Waals surface area contributed by atoms with Crippen LogP contribution in [0.15, 0.2) is 24.3 Å². The Balaban J connectivity index is 1.79. The van der Waals surface area contributed by atoms with Crippen LogP contribution in [0.25, 0.3) is 0 Å². The van der Waals surface area contributed by atoms with E-state index in [0.717, 1.165) is 12.6 Å². The molecular weight excluding hydrogens is 220 g/mol. The van der Waals surface area contributed by atoms with E-state index in [1.54, 1.807) is 0 Å². The molecule has 2 heteroatoms. The lowest BCUT2D eigenvalue weighted by Crippen LogP contribution is -2.23. The molecule has 0 atom stereocenters. The molecule has 1 aromatic rings. The maximum atomic E-state index is 3.16. The molecule has 1 aromatic carbocycles. The van der Waals surface area contributed by atoms with Crippen LogP contribution in [0.3, 0.4) is 0 Å². The zero-order valence-electron chi connectivity index (χ0n) is 11.0. The van der Waals surface area contributed by atoms with Crippen LogP contribution in [0.2, 0.25) is 0 Å². The van der Waals surface area contributed by atoms with E-state index >= 15 is 0 Å². The Kier molecular flexibility index (Phi) is 3.15. The van der Waals surface area contributed by atoms with E-state index < -0.39 is 0 Å². The number of anilines is 1. The third-order valence-electron chi connectivity index (χ3n) is 3.99. The van der Waals surface area contributed by atoms with Crippen molar-refractivity contribution in [2.45, 2.75) is 38.0 Å². The third kappa shape index (κ3) is 2.31. The van der Waals surface area contributed by atoms with Gasteiger partial charge in [0.1, 0.15) is 6.67 Å². The lowest BCUT2D eigenvalue weighted by molar-refractivity contribution is 0.443. The Bertz CT molecular complexity index is 477. The summed E-state index contributed by atoms with van der Waals surface area (Å²) in [4.78, 5) is 4.15. The summed E-state index contributed by atoms with van der Waals surface area (Å²) >= 11 is 0. The number of nitrogens with zero attached hydrogens (tertiary/aromatic N) is 2. The molecule has 1 heterocycles. The van der Waals surface area contributed by atoms with Gasteiger partial charge < -0.3 is 4.90 Å². The highest BCUT2D eigenvalue weighted by molar-refractivity contribution is 5.55. The SMILES string of the molecule is CN1C#CN(c2cccc(C3CCCCC3)c2)C1. The van der Waals surface area contributed by atoms with Gasteiger partial charge in [-0.2, -0.15) is 0 Å². The Labute approximate surface area is 110 Å². The second-order valence-corrected chi connectivity index (χ2v) is 5.42. The average Bonchev–Trinajstić information content (AvgIpc) is 2.87. The van der Waals surface area contributed by atoms with Crippen molar-refractivity contribution in [3.05, 3.63) is 29.8 Å². The van der Waals surface area contributed by atoms with E-state index in [0.29, 0.717) is 0 Å². The molecule has 0 spiro atoms. The Hall–Kier alpha value is -1.62. The zero-order valence-corrected chi connectivity index (χ0v) is 11.0. The lowest BCUT2D eigenvalue weighted by atomic mass is 9.84. The molecule has 2 nitrogen and oxygen atoms in total. The Morgan fingerprint density at radius 3 is 2.67 bits per heavy atom. The molecule has 94 valence electrons. The van der Waals surface area contributed by atoms with Gasteiger partial charge in [0.15, 0.2) is 0 Å². The summed E-state index contributed by atoms with van der Waals surface area (Å²) in [6.07, 6.45) is 6.91. The van der Waals surface area contributed by atoms with Crippen molar-refractivity contribution in [1.29, 1.82) is 0 Å². The first-order chi connectivity index (χ1) is 8.83. The van der Waals surface area contributed by atoms with Gasteiger partial charge in [-0.1, -0.05) is 31.4 Å². The number of benzene rings is 1. The van der Waals surface area contributed by atoms with Crippen LogP contribution < -0.4 is 4.90 Å². The Morgan fingerprint density at radius 1 is 1.11 bits per heavy atom. The zero-order chi connectivity index (χ0) is 12.4. The van der Waals surface area contributed by atoms with Gasteiger partial charge in [-0.15, -0.1) is 0 Å². The van der Waals surface area contributed by atoms with Crippen LogP contribution in [-0.2, 0) is 0 Å². The summed E-state index contributed by atoms with van der Waals surface area (Å²) in [7, 11) is 2.03. The molecule has 0 N–H and O–H groups in total. The molecular formula is C16H20N2. The van der Waals surface area contributed by atoms with Crippen molar-refractivity contribution in [2.24, 2.45) is 0 Å². The van der Waals surface area contributed by atoms with E-state index in [9.17, 15) is 0 Å². The molecule has 0 aromatic heterocycles. The van der Waals surface area contributed by atoms with Crippen molar-refractivity contribution < 1.29 is 0 Å². The average molecular weight is 240 g/mol. The van der Waals surface area contributed by atoms with Crippen molar-refractivity contribution >= 4 is 5.69 Å². The largest absolute Gasteiger partial charge is 0.315 e. The Morgan fingerprint density at radius 2 is 1.94 bits per heavy atom. The summed E-state index contributed by atoms with van der Waals surface area (Å²) in [5.41, 5.74) is 2.75. The first kappa shape index (κ1) is 11.5. The molecule has 2 aliphatic rings. The van der Waals surface area contributed by atoms with E-state index in [1.807, 2.05) is 11.9 Å². The smallest absolute Gasteiger partial charge is 0.110 e. The van der Waals surface area contributed by atoms with Gasteiger partial charge in [-0.25, -0.2) is 0 Å². The highest BCUT2D eigenvalue weighted by atomic mass is 15.3. The molecule has 0 saturated heterocycles. The van der Waals surface area contributed by atoms with Crippen LogP contribution in [0.5, 0.6) is 0 Å². The summed E-state index contributed by atoms with van der Waals surface area (Å²) in [5, 5.41) is 0. The standard InChI is InChI=1S/C16H20N2/c1-17-10-11-18(13-17)16-9-5-8-15(12-16)14-6-3-2-4-7-14/h5,8-9,12,14H,2-4,6-7,13H2,1H3. The van der Waals surface area contributed by atoms with Gasteiger partial charge in [-0.3, -0.25) is 4.90 Å².